The summed E-state index contributed by atoms with van der Waals surface area (Å²) in [6.07, 6.45) is -2.82. The molecule has 12 heteroatoms. The first-order valence-corrected chi connectivity index (χ1v) is 7.54. The Kier molecular flexibility index (Phi) is 4.86. The lowest BCUT2D eigenvalue weighted by Crippen LogP contribution is -2.18. The normalized spacial score (nSPS) is 11.3. The molecule has 3 aromatic rings. The minimum absolute atomic E-state index is 0.0819. The third-order valence-electron chi connectivity index (χ3n) is 3.46. The number of nitrogens with two attached hydrogens (primary N) is 1. The number of alkyl halides is 3. The van der Waals surface area contributed by atoms with Gasteiger partial charge in [-0.05, 0) is 25.1 Å². The number of aryl methyl sites for hydroxylation is 1. The second kappa shape index (κ2) is 7.13. The summed E-state index contributed by atoms with van der Waals surface area (Å²) in [6.45, 7) is 1.55. The van der Waals surface area contributed by atoms with E-state index in [1.807, 2.05) is 0 Å². The number of ether oxygens (including phenoxy) is 1. The fraction of sp³-hybridized carbons (Fsp3) is 0.125. The molecule has 0 atom stereocenters. The zero-order chi connectivity index (χ0) is 20.5. The second-order valence-electron chi connectivity index (χ2n) is 5.45. The van der Waals surface area contributed by atoms with Gasteiger partial charge in [-0.2, -0.15) is 0 Å². The molecule has 0 unspecified atom stereocenters. The molecule has 0 aliphatic heterocycles. The first-order chi connectivity index (χ1) is 13.1. The fourth-order valence-electron chi connectivity index (χ4n) is 2.27. The molecular formula is C16H11F4N5O3. The van der Waals surface area contributed by atoms with Crippen molar-refractivity contribution in [2.45, 2.75) is 13.3 Å². The predicted octanol–water partition coefficient (Wildman–Crippen LogP) is 3.31. The molecule has 146 valence electrons. The maximum atomic E-state index is 13.5. The van der Waals surface area contributed by atoms with E-state index < -0.39 is 23.8 Å². The van der Waals surface area contributed by atoms with Gasteiger partial charge in [0, 0.05) is 5.56 Å². The SMILES string of the molecule is Cc1nocc1C(=O)Nc1cnc(-c2cc(F)ccc2OC(F)(F)F)c(N)n1. The predicted molar refractivity (Wildman–Crippen MR) is 87.7 cm³/mol. The fourth-order valence-corrected chi connectivity index (χ4v) is 2.27. The number of carbonyl (C=O) groups excluding carboxylic acids is 1. The maximum Gasteiger partial charge on any atom is 0.573 e. The van der Waals surface area contributed by atoms with Crippen molar-refractivity contribution >= 4 is 17.5 Å². The van der Waals surface area contributed by atoms with Gasteiger partial charge in [-0.15, -0.1) is 13.2 Å². The minimum atomic E-state index is -5.00. The van der Waals surface area contributed by atoms with Crippen LogP contribution in [0.1, 0.15) is 16.1 Å². The zero-order valence-corrected chi connectivity index (χ0v) is 14.0. The molecule has 0 fully saturated rings. The van der Waals surface area contributed by atoms with E-state index in [9.17, 15) is 22.4 Å². The molecular weight excluding hydrogens is 386 g/mol. The van der Waals surface area contributed by atoms with Crippen molar-refractivity contribution in [3.05, 3.63) is 47.7 Å². The van der Waals surface area contributed by atoms with E-state index in [-0.39, 0.29) is 28.5 Å². The quantitative estimate of drug-likeness (QED) is 0.649. The lowest BCUT2D eigenvalue weighted by Gasteiger charge is -2.14. The highest BCUT2D eigenvalue weighted by molar-refractivity contribution is 6.04. The van der Waals surface area contributed by atoms with Gasteiger partial charge in [0.1, 0.15) is 29.1 Å². The molecule has 0 aliphatic rings. The number of rotatable bonds is 4. The van der Waals surface area contributed by atoms with E-state index in [0.29, 0.717) is 5.69 Å². The Balaban J connectivity index is 1.92. The molecule has 2 heterocycles. The highest BCUT2D eigenvalue weighted by atomic mass is 19.4. The lowest BCUT2D eigenvalue weighted by molar-refractivity contribution is -0.274. The van der Waals surface area contributed by atoms with E-state index in [0.717, 1.165) is 30.7 Å². The van der Waals surface area contributed by atoms with Crippen molar-refractivity contribution in [1.82, 2.24) is 15.1 Å². The van der Waals surface area contributed by atoms with Crippen LogP contribution in [0.2, 0.25) is 0 Å². The highest BCUT2D eigenvalue weighted by Crippen LogP contribution is 2.35. The molecule has 3 N–H and O–H groups in total. The van der Waals surface area contributed by atoms with Gasteiger partial charge in [0.25, 0.3) is 5.91 Å². The number of nitrogens with one attached hydrogen (secondary N) is 1. The third-order valence-corrected chi connectivity index (χ3v) is 3.46. The maximum absolute atomic E-state index is 13.5. The van der Waals surface area contributed by atoms with Crippen LogP contribution in [0.4, 0.5) is 29.2 Å². The minimum Gasteiger partial charge on any atom is -0.405 e. The third kappa shape index (κ3) is 4.16. The molecule has 0 aliphatic carbocycles. The van der Waals surface area contributed by atoms with Gasteiger partial charge in [0.05, 0.1) is 11.9 Å². The van der Waals surface area contributed by atoms with Crippen molar-refractivity contribution in [2.24, 2.45) is 0 Å². The Morgan fingerprint density at radius 2 is 2.07 bits per heavy atom. The van der Waals surface area contributed by atoms with Crippen LogP contribution in [-0.4, -0.2) is 27.4 Å². The molecule has 1 amide bonds. The summed E-state index contributed by atoms with van der Waals surface area (Å²) in [5.41, 5.74) is 5.63. The summed E-state index contributed by atoms with van der Waals surface area (Å²) >= 11 is 0. The first kappa shape index (κ1) is 19.1. The molecule has 28 heavy (non-hydrogen) atoms. The summed E-state index contributed by atoms with van der Waals surface area (Å²) in [6, 6.07) is 2.37. The summed E-state index contributed by atoms with van der Waals surface area (Å²) in [4.78, 5) is 19.9. The molecule has 3 rings (SSSR count). The Morgan fingerprint density at radius 1 is 1.32 bits per heavy atom. The highest BCUT2D eigenvalue weighted by Gasteiger charge is 2.33. The standard InChI is InChI=1S/C16H11F4N5O3/c1-7-10(6-27-25-7)15(26)24-12-5-22-13(14(21)23-12)9-4-8(17)2-3-11(9)28-16(18,19)20/h2-6H,1H3,(H3,21,23,24,26). The van der Waals surface area contributed by atoms with Crippen LogP contribution in [0.5, 0.6) is 5.75 Å². The summed E-state index contributed by atoms with van der Waals surface area (Å²) < 4.78 is 59.8. The zero-order valence-electron chi connectivity index (χ0n) is 14.0. The van der Waals surface area contributed by atoms with E-state index in [1.54, 1.807) is 6.92 Å². The number of carbonyl (C=O) groups is 1. The van der Waals surface area contributed by atoms with Crippen molar-refractivity contribution < 1.29 is 31.6 Å². The van der Waals surface area contributed by atoms with Gasteiger partial charge < -0.3 is 20.3 Å². The van der Waals surface area contributed by atoms with Crippen molar-refractivity contribution in [2.75, 3.05) is 11.1 Å². The Morgan fingerprint density at radius 3 is 2.68 bits per heavy atom. The van der Waals surface area contributed by atoms with Crippen LogP contribution in [0, 0.1) is 12.7 Å². The number of anilines is 2. The number of hydrogen-bond acceptors (Lipinski definition) is 7. The van der Waals surface area contributed by atoms with Crippen LogP contribution in [0.3, 0.4) is 0 Å². The van der Waals surface area contributed by atoms with Crippen LogP contribution in [0.25, 0.3) is 11.3 Å². The average Bonchev–Trinajstić information content (AvgIpc) is 3.02. The van der Waals surface area contributed by atoms with E-state index in [4.69, 9.17) is 5.73 Å². The lowest BCUT2D eigenvalue weighted by atomic mass is 10.1. The van der Waals surface area contributed by atoms with Crippen molar-refractivity contribution in [3.8, 4) is 17.0 Å². The van der Waals surface area contributed by atoms with E-state index in [1.165, 1.54) is 0 Å². The topological polar surface area (TPSA) is 116 Å². The number of benzene rings is 1. The van der Waals surface area contributed by atoms with Gasteiger partial charge in [0.15, 0.2) is 11.6 Å². The Labute approximate surface area is 154 Å². The second-order valence-corrected chi connectivity index (χ2v) is 5.45. The summed E-state index contributed by atoms with van der Waals surface area (Å²) in [5, 5.41) is 5.95. The van der Waals surface area contributed by atoms with Crippen molar-refractivity contribution in [3.63, 3.8) is 0 Å². The first-order valence-electron chi connectivity index (χ1n) is 7.54. The molecule has 1 aromatic carbocycles. The average molecular weight is 397 g/mol. The van der Waals surface area contributed by atoms with E-state index in [2.05, 4.69) is 29.7 Å². The number of hydrogen-bond donors (Lipinski definition) is 2. The van der Waals surface area contributed by atoms with Gasteiger partial charge in [0.2, 0.25) is 0 Å². The Bertz CT molecular complexity index is 1040. The molecule has 0 radical (unpaired) electrons. The number of aromatic nitrogens is 3. The molecule has 0 saturated heterocycles. The molecule has 8 nitrogen and oxygen atoms in total. The van der Waals surface area contributed by atoms with Crippen LogP contribution < -0.4 is 15.8 Å². The number of halogens is 4. The summed E-state index contributed by atoms with van der Waals surface area (Å²) in [7, 11) is 0. The molecule has 0 bridgehead atoms. The van der Waals surface area contributed by atoms with Gasteiger partial charge in [-0.25, -0.2) is 14.4 Å². The molecule has 0 saturated carbocycles. The Hall–Kier alpha value is -3.70. The monoisotopic (exact) mass is 397 g/mol. The van der Waals surface area contributed by atoms with E-state index >= 15 is 0 Å². The largest absolute Gasteiger partial charge is 0.573 e. The van der Waals surface area contributed by atoms with Crippen LogP contribution in [-0.2, 0) is 0 Å². The van der Waals surface area contributed by atoms with Gasteiger partial charge in [-0.1, -0.05) is 5.16 Å². The molecule has 0 spiro atoms. The summed E-state index contributed by atoms with van der Waals surface area (Å²) in [5.74, 6) is -2.57. The number of nitrogens with zero attached hydrogens (tertiary/aromatic N) is 3. The number of nitrogen functional groups attached to an aromatic ring is 1. The van der Waals surface area contributed by atoms with Gasteiger partial charge in [-0.3, -0.25) is 4.79 Å². The van der Waals surface area contributed by atoms with Crippen molar-refractivity contribution in [1.29, 1.82) is 0 Å². The molecule has 2 aromatic heterocycles. The van der Waals surface area contributed by atoms with Crippen LogP contribution in [0.15, 0.2) is 35.2 Å². The smallest absolute Gasteiger partial charge is 0.405 e. The van der Waals surface area contributed by atoms with Gasteiger partial charge >= 0.3 is 6.36 Å². The number of amides is 1. The van der Waals surface area contributed by atoms with Crippen LogP contribution >= 0.6 is 0 Å².